The monoisotopic (exact) mass is 341 g/mol. The minimum Gasteiger partial charge on any atom is -0.508 e. The van der Waals surface area contributed by atoms with Crippen LogP contribution < -0.4 is 5.32 Å². The molecule has 0 aliphatic rings. The molecule has 128 valence electrons. The molecule has 1 rings (SSSR count). The summed E-state index contributed by atoms with van der Waals surface area (Å²) in [6.45, 7) is 5.15. The van der Waals surface area contributed by atoms with Gasteiger partial charge in [-0.25, -0.2) is 9.59 Å². The van der Waals surface area contributed by atoms with Crippen molar-refractivity contribution < 1.29 is 24.5 Å². The van der Waals surface area contributed by atoms with Gasteiger partial charge in [0, 0.05) is 5.75 Å². The van der Waals surface area contributed by atoms with Crippen LogP contribution in [0.4, 0.5) is 4.79 Å². The minimum atomic E-state index is -1.08. The summed E-state index contributed by atoms with van der Waals surface area (Å²) in [6.07, 6.45) is -0.425. The van der Waals surface area contributed by atoms with E-state index in [9.17, 15) is 14.7 Å². The molecule has 0 aliphatic carbocycles. The summed E-state index contributed by atoms with van der Waals surface area (Å²) in [6, 6.07) is 5.88. The molecule has 1 aromatic rings. The zero-order valence-electron chi connectivity index (χ0n) is 13.5. The number of phenolic OH excluding ortho intramolecular Hbond substituents is 1. The van der Waals surface area contributed by atoms with Crippen LogP contribution in [0.2, 0.25) is 0 Å². The Balaban J connectivity index is 2.37. The summed E-state index contributed by atoms with van der Waals surface area (Å²) in [5, 5.41) is 20.7. The van der Waals surface area contributed by atoms with Crippen molar-refractivity contribution in [3.8, 4) is 5.75 Å². The third kappa shape index (κ3) is 8.35. The third-order valence-corrected chi connectivity index (χ3v) is 3.81. The van der Waals surface area contributed by atoms with Crippen LogP contribution in [0.3, 0.4) is 0 Å². The van der Waals surface area contributed by atoms with Crippen molar-refractivity contribution in [3.05, 3.63) is 29.8 Å². The number of rotatable bonds is 7. The molecule has 0 heterocycles. The van der Waals surface area contributed by atoms with Gasteiger partial charge in [0.1, 0.15) is 17.4 Å². The first-order valence-corrected chi connectivity index (χ1v) is 8.41. The second kappa shape index (κ2) is 8.67. The molecule has 1 amide bonds. The molecule has 0 spiro atoms. The standard InChI is InChI=1S/C16H23NO5S/c1-16(2,3)22-15(21)17-13(14(19)20)8-9-23-10-11-4-6-12(18)7-5-11/h4-7,13,18H,8-10H2,1-3H3,(H,17,21)(H,19,20). The van der Waals surface area contributed by atoms with Crippen LogP contribution in [0.25, 0.3) is 0 Å². The van der Waals surface area contributed by atoms with E-state index in [1.54, 1.807) is 44.7 Å². The number of thioether (sulfide) groups is 1. The summed E-state index contributed by atoms with van der Waals surface area (Å²) >= 11 is 1.56. The maximum absolute atomic E-state index is 11.6. The predicted molar refractivity (Wildman–Crippen MR) is 89.7 cm³/mol. The SMILES string of the molecule is CC(C)(C)OC(=O)NC(CCSCc1ccc(O)cc1)C(=O)O. The van der Waals surface area contributed by atoms with Crippen molar-refractivity contribution in [3.63, 3.8) is 0 Å². The van der Waals surface area contributed by atoms with Gasteiger partial charge in [-0.3, -0.25) is 0 Å². The van der Waals surface area contributed by atoms with Gasteiger partial charge in [-0.1, -0.05) is 12.1 Å². The average molecular weight is 341 g/mol. The Morgan fingerprint density at radius 3 is 2.39 bits per heavy atom. The molecule has 0 aliphatic heterocycles. The van der Waals surface area contributed by atoms with E-state index in [4.69, 9.17) is 9.84 Å². The van der Waals surface area contributed by atoms with Crippen LogP contribution in [0.15, 0.2) is 24.3 Å². The largest absolute Gasteiger partial charge is 0.508 e. The Labute approximate surface area is 140 Å². The number of aromatic hydroxyl groups is 1. The first-order chi connectivity index (χ1) is 10.7. The summed E-state index contributed by atoms with van der Waals surface area (Å²) in [5.41, 5.74) is 0.376. The van der Waals surface area contributed by atoms with Crippen molar-refractivity contribution in [2.45, 2.75) is 44.6 Å². The Hall–Kier alpha value is -1.89. The number of carboxylic acid groups (broad SMARTS) is 1. The zero-order valence-corrected chi connectivity index (χ0v) is 14.4. The number of nitrogens with one attached hydrogen (secondary N) is 1. The van der Waals surface area contributed by atoms with E-state index < -0.39 is 23.7 Å². The molecule has 1 unspecified atom stereocenters. The quantitative estimate of drug-likeness (QED) is 0.660. The van der Waals surface area contributed by atoms with Crippen LogP contribution in [-0.4, -0.2) is 39.7 Å². The van der Waals surface area contributed by atoms with Crippen LogP contribution >= 0.6 is 11.8 Å². The van der Waals surface area contributed by atoms with Gasteiger partial charge < -0.3 is 20.3 Å². The number of aliphatic carboxylic acids is 1. The minimum absolute atomic E-state index is 0.214. The lowest BCUT2D eigenvalue weighted by molar-refractivity contribution is -0.139. The van der Waals surface area contributed by atoms with Gasteiger partial charge in [0.15, 0.2) is 0 Å². The van der Waals surface area contributed by atoms with Gasteiger partial charge >= 0.3 is 12.1 Å². The molecule has 3 N–H and O–H groups in total. The lowest BCUT2D eigenvalue weighted by atomic mass is 10.2. The number of ether oxygens (including phenoxy) is 1. The van der Waals surface area contributed by atoms with E-state index in [1.165, 1.54) is 0 Å². The molecule has 0 bridgehead atoms. The zero-order chi connectivity index (χ0) is 17.5. The summed E-state index contributed by atoms with van der Waals surface area (Å²) in [5.74, 6) is 0.416. The van der Waals surface area contributed by atoms with Crippen LogP contribution in [0.5, 0.6) is 5.75 Å². The fraction of sp³-hybridized carbons (Fsp3) is 0.500. The van der Waals surface area contributed by atoms with Crippen molar-refractivity contribution in [2.24, 2.45) is 0 Å². The average Bonchev–Trinajstić information content (AvgIpc) is 2.42. The summed E-state index contributed by atoms with van der Waals surface area (Å²) in [7, 11) is 0. The van der Waals surface area contributed by atoms with Gasteiger partial charge in [-0.2, -0.15) is 11.8 Å². The molecular formula is C16H23NO5S. The van der Waals surface area contributed by atoms with Crippen molar-refractivity contribution >= 4 is 23.8 Å². The second-order valence-electron chi connectivity index (χ2n) is 6.04. The number of phenols is 1. The van der Waals surface area contributed by atoms with Gasteiger partial charge in [-0.05, 0) is 50.6 Å². The Morgan fingerprint density at radius 1 is 1.26 bits per heavy atom. The highest BCUT2D eigenvalue weighted by Crippen LogP contribution is 2.17. The number of carbonyl (C=O) groups excluding carboxylic acids is 1. The molecule has 1 atom stereocenters. The van der Waals surface area contributed by atoms with Gasteiger partial charge in [0.25, 0.3) is 0 Å². The molecule has 6 nitrogen and oxygen atoms in total. The van der Waals surface area contributed by atoms with Crippen molar-refractivity contribution in [1.29, 1.82) is 0 Å². The van der Waals surface area contributed by atoms with Crippen molar-refractivity contribution in [1.82, 2.24) is 5.32 Å². The van der Waals surface area contributed by atoms with E-state index in [0.717, 1.165) is 5.56 Å². The Kier molecular flexibility index (Phi) is 7.22. The first kappa shape index (κ1) is 19.2. The molecule has 0 saturated heterocycles. The van der Waals surface area contributed by atoms with Crippen LogP contribution in [0, 0.1) is 0 Å². The Bertz CT molecular complexity index is 524. The fourth-order valence-corrected chi connectivity index (χ4v) is 2.67. The van der Waals surface area contributed by atoms with E-state index >= 15 is 0 Å². The lowest BCUT2D eigenvalue weighted by Gasteiger charge is -2.21. The Morgan fingerprint density at radius 2 is 1.87 bits per heavy atom. The molecule has 0 saturated carbocycles. The van der Waals surface area contributed by atoms with Crippen molar-refractivity contribution in [2.75, 3.05) is 5.75 Å². The predicted octanol–water partition coefficient (Wildman–Crippen LogP) is 2.99. The molecular weight excluding hydrogens is 318 g/mol. The maximum Gasteiger partial charge on any atom is 0.408 e. The topological polar surface area (TPSA) is 95.9 Å². The number of amides is 1. The molecule has 0 fully saturated rings. The summed E-state index contributed by atoms with van der Waals surface area (Å²) in [4.78, 5) is 22.8. The highest BCUT2D eigenvalue weighted by atomic mass is 32.2. The van der Waals surface area contributed by atoms with E-state index in [0.29, 0.717) is 17.9 Å². The number of alkyl carbamates (subject to hydrolysis) is 1. The number of hydrogen-bond acceptors (Lipinski definition) is 5. The molecule has 23 heavy (non-hydrogen) atoms. The molecule has 1 aromatic carbocycles. The normalized spacial score (nSPS) is 12.5. The maximum atomic E-state index is 11.6. The van der Waals surface area contributed by atoms with Gasteiger partial charge in [0.2, 0.25) is 0 Å². The van der Waals surface area contributed by atoms with Crippen LogP contribution in [-0.2, 0) is 15.3 Å². The van der Waals surface area contributed by atoms with Crippen LogP contribution in [0.1, 0.15) is 32.8 Å². The lowest BCUT2D eigenvalue weighted by Crippen LogP contribution is -2.43. The fourth-order valence-electron chi connectivity index (χ4n) is 1.69. The smallest absolute Gasteiger partial charge is 0.408 e. The van der Waals surface area contributed by atoms with E-state index in [1.807, 2.05) is 12.1 Å². The third-order valence-electron chi connectivity index (χ3n) is 2.74. The number of hydrogen-bond donors (Lipinski definition) is 3. The van der Waals surface area contributed by atoms with E-state index in [2.05, 4.69) is 5.32 Å². The number of benzene rings is 1. The second-order valence-corrected chi connectivity index (χ2v) is 7.15. The number of carboxylic acids is 1. The van der Waals surface area contributed by atoms with Gasteiger partial charge in [0.05, 0.1) is 0 Å². The van der Waals surface area contributed by atoms with E-state index in [-0.39, 0.29) is 5.75 Å². The van der Waals surface area contributed by atoms with Gasteiger partial charge in [-0.15, -0.1) is 0 Å². The summed E-state index contributed by atoms with van der Waals surface area (Å²) < 4.78 is 5.06. The molecule has 0 radical (unpaired) electrons. The molecule has 0 aromatic heterocycles. The number of carbonyl (C=O) groups is 2. The highest BCUT2D eigenvalue weighted by molar-refractivity contribution is 7.98. The molecule has 7 heteroatoms. The highest BCUT2D eigenvalue weighted by Gasteiger charge is 2.23. The first-order valence-electron chi connectivity index (χ1n) is 7.25.